The summed E-state index contributed by atoms with van der Waals surface area (Å²) in [5, 5.41) is 7.95. The highest BCUT2D eigenvalue weighted by Gasteiger charge is 2.16. The highest BCUT2D eigenvalue weighted by molar-refractivity contribution is 6.28. The Morgan fingerprint density at radius 2 is 2.14 bits per heavy atom. The standard InChI is InChI=1S/C15H17ClN6/c1-4-5-10-12-13(22(3)21-10)14(20-15(16)19-12)18-11-8-9(2)6-7-17-11/h6-8H,4-5H2,1-3H3,(H,17,18,19,20). The Hall–Kier alpha value is -2.21. The van der Waals surface area contributed by atoms with E-state index >= 15 is 0 Å². The summed E-state index contributed by atoms with van der Waals surface area (Å²) in [6.07, 6.45) is 3.60. The maximum Gasteiger partial charge on any atom is 0.225 e. The van der Waals surface area contributed by atoms with Gasteiger partial charge >= 0.3 is 0 Å². The molecule has 3 aromatic heterocycles. The molecule has 0 spiro atoms. The molecule has 0 aliphatic heterocycles. The highest BCUT2D eigenvalue weighted by atomic mass is 35.5. The Morgan fingerprint density at radius 1 is 1.32 bits per heavy atom. The van der Waals surface area contributed by atoms with Gasteiger partial charge in [0.15, 0.2) is 5.82 Å². The number of nitrogens with one attached hydrogen (secondary N) is 1. The monoisotopic (exact) mass is 316 g/mol. The molecular weight excluding hydrogens is 300 g/mol. The van der Waals surface area contributed by atoms with E-state index in [-0.39, 0.29) is 5.28 Å². The number of nitrogens with zero attached hydrogens (tertiary/aromatic N) is 5. The van der Waals surface area contributed by atoms with Gasteiger partial charge in [-0.25, -0.2) is 9.97 Å². The van der Waals surface area contributed by atoms with Gasteiger partial charge in [-0.3, -0.25) is 4.68 Å². The van der Waals surface area contributed by atoms with Crippen LogP contribution in [0.5, 0.6) is 0 Å². The zero-order valence-electron chi connectivity index (χ0n) is 12.8. The van der Waals surface area contributed by atoms with Gasteiger partial charge in [0, 0.05) is 13.2 Å². The van der Waals surface area contributed by atoms with Crippen LogP contribution in [0.3, 0.4) is 0 Å². The molecule has 22 heavy (non-hydrogen) atoms. The van der Waals surface area contributed by atoms with Crippen molar-refractivity contribution in [3.05, 3.63) is 34.9 Å². The zero-order valence-corrected chi connectivity index (χ0v) is 13.5. The molecule has 3 heterocycles. The Bertz CT molecular complexity index is 826. The van der Waals surface area contributed by atoms with Crippen molar-refractivity contribution in [2.45, 2.75) is 26.7 Å². The maximum atomic E-state index is 6.08. The van der Waals surface area contributed by atoms with Gasteiger partial charge in [-0.2, -0.15) is 10.1 Å². The molecule has 0 atom stereocenters. The molecule has 0 bridgehead atoms. The second-order valence-electron chi connectivity index (χ2n) is 5.20. The summed E-state index contributed by atoms with van der Waals surface area (Å²) in [6.45, 7) is 4.12. The van der Waals surface area contributed by atoms with Gasteiger partial charge in [-0.05, 0) is 42.6 Å². The Kier molecular flexibility index (Phi) is 3.94. The van der Waals surface area contributed by atoms with Crippen LogP contribution in [0.25, 0.3) is 11.0 Å². The second kappa shape index (κ2) is 5.88. The fourth-order valence-electron chi connectivity index (χ4n) is 2.43. The Morgan fingerprint density at radius 3 is 2.86 bits per heavy atom. The van der Waals surface area contributed by atoms with Crippen LogP contribution >= 0.6 is 11.6 Å². The first kappa shape index (κ1) is 14.7. The number of halogens is 1. The summed E-state index contributed by atoms with van der Waals surface area (Å²) in [6, 6.07) is 3.89. The van der Waals surface area contributed by atoms with Crippen molar-refractivity contribution in [3.63, 3.8) is 0 Å². The molecular formula is C15H17ClN6. The van der Waals surface area contributed by atoms with E-state index < -0.39 is 0 Å². The van der Waals surface area contributed by atoms with E-state index in [1.165, 1.54) is 0 Å². The van der Waals surface area contributed by atoms with Crippen molar-refractivity contribution >= 4 is 34.3 Å². The fraction of sp³-hybridized carbons (Fsp3) is 0.333. The van der Waals surface area contributed by atoms with Gasteiger partial charge in [0.1, 0.15) is 16.9 Å². The number of fused-ring (bicyclic) bond motifs is 1. The molecule has 114 valence electrons. The molecule has 7 heteroatoms. The van der Waals surface area contributed by atoms with Gasteiger partial charge in [0.05, 0.1) is 5.69 Å². The molecule has 3 rings (SSSR count). The molecule has 3 aromatic rings. The average Bonchev–Trinajstić information content (AvgIpc) is 2.76. The number of rotatable bonds is 4. The summed E-state index contributed by atoms with van der Waals surface area (Å²) < 4.78 is 1.79. The lowest BCUT2D eigenvalue weighted by Gasteiger charge is -2.07. The normalized spacial score (nSPS) is 11.1. The van der Waals surface area contributed by atoms with Gasteiger partial charge in [0.25, 0.3) is 0 Å². The average molecular weight is 317 g/mol. The minimum Gasteiger partial charge on any atom is -0.323 e. The number of aromatic nitrogens is 5. The van der Waals surface area contributed by atoms with E-state index in [4.69, 9.17) is 11.6 Å². The van der Waals surface area contributed by atoms with Crippen molar-refractivity contribution in [1.82, 2.24) is 24.7 Å². The van der Waals surface area contributed by atoms with Crippen LogP contribution in [0.15, 0.2) is 18.3 Å². The van der Waals surface area contributed by atoms with Gasteiger partial charge in [-0.1, -0.05) is 13.3 Å². The summed E-state index contributed by atoms with van der Waals surface area (Å²) in [5.74, 6) is 1.33. The molecule has 0 saturated carbocycles. The molecule has 0 fully saturated rings. The number of anilines is 2. The van der Waals surface area contributed by atoms with Crippen molar-refractivity contribution in [2.75, 3.05) is 5.32 Å². The number of pyridine rings is 1. The SMILES string of the molecule is CCCc1nn(C)c2c(Nc3cc(C)ccn3)nc(Cl)nc12. The maximum absolute atomic E-state index is 6.08. The number of aryl methyl sites for hydroxylation is 3. The predicted octanol–water partition coefficient (Wildman–Crippen LogP) is 3.42. The first-order valence-corrected chi connectivity index (χ1v) is 7.55. The molecule has 6 nitrogen and oxygen atoms in total. The van der Waals surface area contributed by atoms with E-state index in [1.807, 2.05) is 26.1 Å². The van der Waals surface area contributed by atoms with Crippen LogP contribution in [0.4, 0.5) is 11.6 Å². The van der Waals surface area contributed by atoms with Crippen LogP contribution in [0.1, 0.15) is 24.6 Å². The minimum atomic E-state index is 0.202. The first-order valence-electron chi connectivity index (χ1n) is 7.17. The zero-order chi connectivity index (χ0) is 15.7. The van der Waals surface area contributed by atoms with Crippen molar-refractivity contribution in [3.8, 4) is 0 Å². The molecule has 0 aliphatic rings. The van der Waals surface area contributed by atoms with Crippen LogP contribution < -0.4 is 5.32 Å². The van der Waals surface area contributed by atoms with Crippen molar-refractivity contribution in [1.29, 1.82) is 0 Å². The summed E-state index contributed by atoms with van der Waals surface area (Å²) >= 11 is 6.08. The van der Waals surface area contributed by atoms with Crippen LogP contribution in [0, 0.1) is 6.92 Å². The molecule has 1 N–H and O–H groups in total. The van der Waals surface area contributed by atoms with E-state index in [9.17, 15) is 0 Å². The van der Waals surface area contributed by atoms with Gasteiger partial charge < -0.3 is 5.32 Å². The molecule has 0 unspecified atom stereocenters. The summed E-state index contributed by atoms with van der Waals surface area (Å²) in [4.78, 5) is 12.9. The summed E-state index contributed by atoms with van der Waals surface area (Å²) in [5.41, 5.74) is 3.67. The van der Waals surface area contributed by atoms with Gasteiger partial charge in [-0.15, -0.1) is 0 Å². The Labute approximate surface area is 133 Å². The molecule has 0 amide bonds. The van der Waals surface area contributed by atoms with E-state index in [2.05, 4.69) is 32.3 Å². The third kappa shape index (κ3) is 2.74. The largest absolute Gasteiger partial charge is 0.323 e. The first-order chi connectivity index (χ1) is 10.6. The predicted molar refractivity (Wildman–Crippen MR) is 87.6 cm³/mol. The van der Waals surface area contributed by atoms with E-state index in [0.717, 1.165) is 35.1 Å². The lowest BCUT2D eigenvalue weighted by Crippen LogP contribution is -2.01. The second-order valence-corrected chi connectivity index (χ2v) is 5.54. The smallest absolute Gasteiger partial charge is 0.225 e. The van der Waals surface area contributed by atoms with E-state index in [1.54, 1.807) is 10.9 Å². The molecule has 0 aliphatic carbocycles. The fourth-order valence-corrected chi connectivity index (χ4v) is 2.60. The Balaban J connectivity index is 2.12. The van der Waals surface area contributed by atoms with Gasteiger partial charge in [0.2, 0.25) is 5.28 Å². The van der Waals surface area contributed by atoms with E-state index in [0.29, 0.717) is 11.6 Å². The van der Waals surface area contributed by atoms with Crippen molar-refractivity contribution < 1.29 is 0 Å². The lowest BCUT2D eigenvalue weighted by atomic mass is 10.2. The quantitative estimate of drug-likeness (QED) is 0.747. The minimum absolute atomic E-state index is 0.202. The van der Waals surface area contributed by atoms with Crippen LogP contribution in [-0.4, -0.2) is 24.7 Å². The van der Waals surface area contributed by atoms with Crippen LogP contribution in [-0.2, 0) is 13.5 Å². The topological polar surface area (TPSA) is 68.5 Å². The molecule has 0 aromatic carbocycles. The third-order valence-electron chi connectivity index (χ3n) is 3.37. The third-order valence-corrected chi connectivity index (χ3v) is 3.54. The summed E-state index contributed by atoms with van der Waals surface area (Å²) in [7, 11) is 1.88. The number of hydrogen-bond acceptors (Lipinski definition) is 5. The number of hydrogen-bond donors (Lipinski definition) is 1. The highest BCUT2D eigenvalue weighted by Crippen LogP contribution is 2.27. The van der Waals surface area contributed by atoms with Crippen LogP contribution in [0.2, 0.25) is 5.28 Å². The molecule has 0 saturated heterocycles. The molecule has 0 radical (unpaired) electrons. The van der Waals surface area contributed by atoms with Crippen molar-refractivity contribution in [2.24, 2.45) is 7.05 Å². The lowest BCUT2D eigenvalue weighted by molar-refractivity contribution is 0.753.